The zero-order valence-electron chi connectivity index (χ0n) is 18.0. The van der Waals surface area contributed by atoms with Crippen LogP contribution in [-0.2, 0) is 14.8 Å². The Morgan fingerprint density at radius 2 is 1.88 bits per heavy atom. The minimum atomic E-state index is -3.55. The number of carbonyl (C=O) groups is 1. The van der Waals surface area contributed by atoms with Gasteiger partial charge in [0.05, 0.1) is 4.90 Å². The molecule has 2 aliphatic rings. The van der Waals surface area contributed by atoms with Crippen molar-refractivity contribution in [2.45, 2.75) is 37.5 Å². The Kier molecular flexibility index (Phi) is 6.22. The number of rotatable bonds is 5. The highest BCUT2D eigenvalue weighted by Gasteiger charge is 2.30. The monoisotopic (exact) mass is 457 g/mol. The first-order valence-electron chi connectivity index (χ1n) is 10.9. The van der Waals surface area contributed by atoms with Crippen molar-refractivity contribution in [2.24, 2.45) is 17.6 Å². The van der Waals surface area contributed by atoms with E-state index in [-0.39, 0.29) is 28.3 Å². The molecule has 2 N–H and O–H groups in total. The van der Waals surface area contributed by atoms with Gasteiger partial charge in [0.25, 0.3) is 0 Å². The molecular weight excluding hydrogens is 430 g/mol. The molecular formula is C22H27N5O4S. The van der Waals surface area contributed by atoms with Gasteiger partial charge in [-0.1, -0.05) is 6.92 Å². The first kappa shape index (κ1) is 22.3. The summed E-state index contributed by atoms with van der Waals surface area (Å²) in [4.78, 5) is 17.8. The van der Waals surface area contributed by atoms with Gasteiger partial charge in [0.1, 0.15) is 6.07 Å². The van der Waals surface area contributed by atoms with Crippen molar-refractivity contribution in [2.75, 3.05) is 31.1 Å². The number of nitrogens with zero attached hydrogens (tertiary/aromatic N) is 4. The summed E-state index contributed by atoms with van der Waals surface area (Å²) in [6, 6.07) is 8.46. The lowest BCUT2D eigenvalue weighted by atomic mass is 9.96. The summed E-state index contributed by atoms with van der Waals surface area (Å²) in [5, 5.41) is 9.51. The average Bonchev–Trinajstić information content (AvgIpc) is 3.24. The Hall–Kier alpha value is -2.90. The van der Waals surface area contributed by atoms with Gasteiger partial charge < -0.3 is 15.1 Å². The SMILES string of the molecule is CC1CCCN(S(=O)(=O)c2ccc(-c3nc(C#N)c(N4CCC(C(N)=O)CC4)o3)cc2)C1. The number of hydrogen-bond donors (Lipinski definition) is 1. The van der Waals surface area contributed by atoms with Crippen LogP contribution in [0, 0.1) is 23.2 Å². The third-order valence-corrected chi connectivity index (χ3v) is 8.14. The molecule has 4 rings (SSSR count). The molecule has 1 unspecified atom stereocenters. The van der Waals surface area contributed by atoms with Crippen LogP contribution in [0.3, 0.4) is 0 Å². The number of primary amides is 1. The maximum absolute atomic E-state index is 13.0. The van der Waals surface area contributed by atoms with E-state index in [2.05, 4.69) is 18.0 Å². The molecule has 0 saturated carbocycles. The van der Waals surface area contributed by atoms with Gasteiger partial charge in [-0.2, -0.15) is 14.6 Å². The fourth-order valence-electron chi connectivity index (χ4n) is 4.37. The van der Waals surface area contributed by atoms with Gasteiger partial charge in [-0.05, 0) is 55.9 Å². The average molecular weight is 458 g/mol. The van der Waals surface area contributed by atoms with E-state index >= 15 is 0 Å². The van der Waals surface area contributed by atoms with Gasteiger partial charge in [0.15, 0.2) is 0 Å². The number of carbonyl (C=O) groups excluding carboxylic acids is 1. The third kappa shape index (κ3) is 4.36. The van der Waals surface area contributed by atoms with Crippen LogP contribution in [-0.4, -0.2) is 49.8 Å². The van der Waals surface area contributed by atoms with Gasteiger partial charge in [-0.3, -0.25) is 4.79 Å². The second kappa shape index (κ2) is 8.92. The molecule has 1 amide bonds. The highest BCUT2D eigenvalue weighted by molar-refractivity contribution is 7.89. The Balaban J connectivity index is 1.54. The topological polar surface area (TPSA) is 134 Å². The van der Waals surface area contributed by atoms with E-state index < -0.39 is 10.0 Å². The molecule has 10 heteroatoms. The Morgan fingerprint density at radius 3 is 2.47 bits per heavy atom. The molecule has 170 valence electrons. The number of amides is 1. The van der Waals surface area contributed by atoms with E-state index in [0.717, 1.165) is 12.8 Å². The summed E-state index contributed by atoms with van der Waals surface area (Å²) >= 11 is 0. The zero-order valence-corrected chi connectivity index (χ0v) is 18.8. The van der Waals surface area contributed by atoms with Gasteiger partial charge in [-0.15, -0.1) is 0 Å². The Bertz CT molecular complexity index is 1130. The quantitative estimate of drug-likeness (QED) is 0.728. The van der Waals surface area contributed by atoms with Crippen molar-refractivity contribution in [1.82, 2.24) is 9.29 Å². The molecule has 9 nitrogen and oxygen atoms in total. The molecule has 32 heavy (non-hydrogen) atoms. The van der Waals surface area contributed by atoms with Crippen LogP contribution in [0.1, 0.15) is 38.3 Å². The van der Waals surface area contributed by atoms with Gasteiger partial charge in [0.2, 0.25) is 33.4 Å². The minimum absolute atomic E-state index is 0.163. The van der Waals surface area contributed by atoms with E-state index in [1.54, 1.807) is 28.6 Å². The highest BCUT2D eigenvalue weighted by atomic mass is 32.2. The van der Waals surface area contributed by atoms with E-state index in [1.807, 2.05) is 4.90 Å². The fraction of sp³-hybridized carbons (Fsp3) is 0.500. The first-order chi connectivity index (χ1) is 15.3. The predicted molar refractivity (Wildman–Crippen MR) is 118 cm³/mol. The van der Waals surface area contributed by atoms with Crippen molar-refractivity contribution in [3.8, 4) is 17.5 Å². The Labute approximate surface area is 187 Å². The van der Waals surface area contributed by atoms with Crippen molar-refractivity contribution in [3.63, 3.8) is 0 Å². The summed E-state index contributed by atoms with van der Waals surface area (Å²) in [6.45, 7) is 4.22. The number of anilines is 1. The smallest absolute Gasteiger partial charge is 0.243 e. The van der Waals surface area contributed by atoms with Gasteiger partial charge in [-0.25, -0.2) is 8.42 Å². The van der Waals surface area contributed by atoms with Crippen LogP contribution in [0.5, 0.6) is 0 Å². The van der Waals surface area contributed by atoms with Crippen LogP contribution < -0.4 is 10.6 Å². The molecule has 2 saturated heterocycles. The van der Waals surface area contributed by atoms with Crippen LogP contribution in [0.2, 0.25) is 0 Å². The summed E-state index contributed by atoms with van der Waals surface area (Å²) in [6.07, 6.45) is 3.10. The molecule has 2 aliphatic heterocycles. The Morgan fingerprint density at radius 1 is 1.19 bits per heavy atom. The summed E-state index contributed by atoms with van der Waals surface area (Å²) in [5.41, 5.74) is 6.15. The number of benzene rings is 1. The fourth-order valence-corrected chi connectivity index (χ4v) is 5.97. The van der Waals surface area contributed by atoms with Gasteiger partial charge in [0, 0.05) is 37.7 Å². The molecule has 1 atom stereocenters. The van der Waals surface area contributed by atoms with Crippen molar-refractivity contribution in [3.05, 3.63) is 30.0 Å². The molecule has 0 radical (unpaired) electrons. The van der Waals surface area contributed by atoms with E-state index in [4.69, 9.17) is 10.2 Å². The molecule has 0 spiro atoms. The molecule has 0 bridgehead atoms. The van der Waals surface area contributed by atoms with Crippen LogP contribution in [0.15, 0.2) is 33.6 Å². The largest absolute Gasteiger partial charge is 0.419 e. The number of nitriles is 1. The standard InChI is InChI=1S/C22H27N5O4S/c1-15-3-2-10-27(14-15)32(29,30)18-6-4-17(5-7-18)21-25-19(13-23)22(31-21)26-11-8-16(9-12-26)20(24)28/h4-7,15-16H,2-3,8-12,14H2,1H3,(H2,24,28). The van der Waals surface area contributed by atoms with Crippen molar-refractivity contribution >= 4 is 21.8 Å². The summed E-state index contributed by atoms with van der Waals surface area (Å²) in [7, 11) is -3.55. The predicted octanol–water partition coefficient (Wildman–Crippen LogP) is 2.34. The van der Waals surface area contributed by atoms with Crippen LogP contribution in [0.4, 0.5) is 5.88 Å². The molecule has 1 aromatic heterocycles. The normalized spacial score (nSPS) is 20.8. The number of oxazole rings is 1. The van der Waals surface area contributed by atoms with E-state index in [9.17, 15) is 18.5 Å². The van der Waals surface area contributed by atoms with E-state index in [1.165, 1.54) is 0 Å². The van der Waals surface area contributed by atoms with Crippen LogP contribution >= 0.6 is 0 Å². The lowest BCUT2D eigenvalue weighted by Crippen LogP contribution is -2.39. The number of piperidine rings is 2. The maximum atomic E-state index is 13.0. The molecule has 2 aromatic rings. The minimum Gasteiger partial charge on any atom is -0.419 e. The molecule has 1 aromatic carbocycles. The highest BCUT2D eigenvalue weighted by Crippen LogP contribution is 2.32. The number of aromatic nitrogens is 1. The molecule has 2 fully saturated rings. The first-order valence-corrected chi connectivity index (χ1v) is 12.3. The van der Waals surface area contributed by atoms with Crippen molar-refractivity contribution in [1.29, 1.82) is 5.26 Å². The molecule has 0 aliphatic carbocycles. The maximum Gasteiger partial charge on any atom is 0.243 e. The number of nitrogens with two attached hydrogens (primary N) is 1. The van der Waals surface area contributed by atoms with Crippen molar-refractivity contribution < 1.29 is 17.6 Å². The third-order valence-electron chi connectivity index (χ3n) is 6.26. The second-order valence-corrected chi connectivity index (χ2v) is 10.5. The number of hydrogen-bond acceptors (Lipinski definition) is 7. The summed E-state index contributed by atoms with van der Waals surface area (Å²) < 4.78 is 33.4. The second-order valence-electron chi connectivity index (χ2n) is 8.58. The lowest BCUT2D eigenvalue weighted by Gasteiger charge is -2.30. The van der Waals surface area contributed by atoms with Crippen LogP contribution in [0.25, 0.3) is 11.5 Å². The van der Waals surface area contributed by atoms with Gasteiger partial charge >= 0.3 is 0 Å². The van der Waals surface area contributed by atoms with E-state index in [0.29, 0.717) is 56.4 Å². The zero-order chi connectivity index (χ0) is 22.9. The number of sulfonamides is 1. The molecule has 3 heterocycles. The lowest BCUT2D eigenvalue weighted by molar-refractivity contribution is -0.122. The summed E-state index contributed by atoms with van der Waals surface area (Å²) in [5.74, 6) is 0.489.